The van der Waals surface area contributed by atoms with Gasteiger partial charge in [-0.2, -0.15) is 0 Å². The van der Waals surface area contributed by atoms with Gasteiger partial charge in [-0.3, -0.25) is 4.79 Å². The van der Waals surface area contributed by atoms with Crippen LogP contribution in [0.2, 0.25) is 0 Å². The minimum Gasteiger partial charge on any atom is -0.490 e. The Bertz CT molecular complexity index is 529. The summed E-state index contributed by atoms with van der Waals surface area (Å²) in [6.45, 7) is 5.61. The van der Waals surface area contributed by atoms with Gasteiger partial charge in [-0.05, 0) is 38.4 Å². The molecule has 1 aliphatic rings. The fourth-order valence-electron chi connectivity index (χ4n) is 2.39. The van der Waals surface area contributed by atoms with Crippen molar-refractivity contribution < 1.29 is 14.3 Å². The number of rotatable bonds is 9. The maximum absolute atomic E-state index is 11.8. The van der Waals surface area contributed by atoms with Crippen LogP contribution in [0.4, 0.5) is 0 Å². The van der Waals surface area contributed by atoms with Crippen molar-refractivity contribution in [3.05, 3.63) is 35.9 Å². The average Bonchev–Trinajstić information content (AvgIpc) is 2.59. The molecule has 0 bridgehead atoms. The van der Waals surface area contributed by atoms with Crippen LogP contribution in [0.15, 0.2) is 35.9 Å². The smallest absolute Gasteiger partial charge is 0.220 e. The second kappa shape index (κ2) is 9.90. The molecule has 0 aliphatic carbocycles. The molecule has 1 heterocycles. The van der Waals surface area contributed by atoms with Crippen molar-refractivity contribution in [1.29, 1.82) is 0 Å². The van der Waals surface area contributed by atoms with Crippen LogP contribution in [0.1, 0.15) is 26.2 Å². The first-order valence-corrected chi connectivity index (χ1v) is 8.29. The van der Waals surface area contributed by atoms with E-state index in [1.807, 2.05) is 31.2 Å². The molecular formula is C18H26N2O3. The van der Waals surface area contributed by atoms with Gasteiger partial charge in [-0.1, -0.05) is 23.8 Å². The molecule has 5 nitrogen and oxygen atoms in total. The molecule has 0 spiro atoms. The second-order valence-corrected chi connectivity index (χ2v) is 5.42. The molecule has 0 unspecified atom stereocenters. The predicted molar refractivity (Wildman–Crippen MR) is 90.9 cm³/mol. The third-order valence-electron chi connectivity index (χ3n) is 3.63. The maximum Gasteiger partial charge on any atom is 0.220 e. The summed E-state index contributed by atoms with van der Waals surface area (Å²) in [6.07, 6.45) is 4.32. The van der Waals surface area contributed by atoms with Crippen molar-refractivity contribution in [2.45, 2.75) is 26.2 Å². The number of amides is 1. The Balaban J connectivity index is 1.63. The van der Waals surface area contributed by atoms with Crippen LogP contribution >= 0.6 is 0 Å². The van der Waals surface area contributed by atoms with Crippen LogP contribution in [-0.2, 0) is 4.79 Å². The van der Waals surface area contributed by atoms with Crippen LogP contribution < -0.4 is 20.1 Å². The Kier molecular flexibility index (Phi) is 7.46. The Labute approximate surface area is 138 Å². The molecule has 0 aromatic heterocycles. The van der Waals surface area contributed by atoms with E-state index in [1.54, 1.807) is 0 Å². The molecule has 1 aromatic rings. The molecule has 1 aliphatic heterocycles. The van der Waals surface area contributed by atoms with E-state index in [0.29, 0.717) is 32.6 Å². The summed E-state index contributed by atoms with van der Waals surface area (Å²) in [4.78, 5) is 11.8. The number of nitrogens with one attached hydrogen (secondary N) is 2. The van der Waals surface area contributed by atoms with Gasteiger partial charge < -0.3 is 20.1 Å². The first-order chi connectivity index (χ1) is 11.3. The Hall–Kier alpha value is -2.01. The van der Waals surface area contributed by atoms with E-state index in [1.165, 1.54) is 5.57 Å². The molecule has 0 fully saturated rings. The van der Waals surface area contributed by atoms with Crippen molar-refractivity contribution in [3.63, 3.8) is 0 Å². The first-order valence-electron chi connectivity index (χ1n) is 8.29. The van der Waals surface area contributed by atoms with Crippen LogP contribution in [0.25, 0.3) is 0 Å². The standard InChI is InChI=1S/C18H26N2O3/c1-2-22-16-6-3-4-7-17(16)23-13-5-8-18(21)20-14-15-9-11-19-12-10-15/h3-4,6-7,9,19H,2,5,8,10-14H2,1H3,(H,20,21). The van der Waals surface area contributed by atoms with Crippen LogP contribution in [-0.4, -0.2) is 38.8 Å². The number of hydrogen-bond acceptors (Lipinski definition) is 4. The van der Waals surface area contributed by atoms with E-state index in [2.05, 4.69) is 16.7 Å². The summed E-state index contributed by atoms with van der Waals surface area (Å²) in [5, 5.41) is 6.22. The highest BCUT2D eigenvalue weighted by atomic mass is 16.5. The summed E-state index contributed by atoms with van der Waals surface area (Å²) in [7, 11) is 0. The van der Waals surface area contributed by atoms with E-state index in [-0.39, 0.29) is 5.91 Å². The Morgan fingerprint density at radius 3 is 2.74 bits per heavy atom. The first kappa shape index (κ1) is 17.3. The Morgan fingerprint density at radius 2 is 2.04 bits per heavy atom. The summed E-state index contributed by atoms with van der Waals surface area (Å²) in [6, 6.07) is 7.60. The highest BCUT2D eigenvalue weighted by Crippen LogP contribution is 2.26. The van der Waals surface area contributed by atoms with Gasteiger partial charge in [0.15, 0.2) is 11.5 Å². The fourth-order valence-corrected chi connectivity index (χ4v) is 2.39. The lowest BCUT2D eigenvalue weighted by atomic mass is 10.1. The zero-order valence-corrected chi connectivity index (χ0v) is 13.8. The molecular weight excluding hydrogens is 292 g/mol. The highest BCUT2D eigenvalue weighted by molar-refractivity contribution is 5.76. The van der Waals surface area contributed by atoms with E-state index in [9.17, 15) is 4.79 Å². The molecule has 0 radical (unpaired) electrons. The fraction of sp³-hybridized carbons (Fsp3) is 0.500. The van der Waals surface area contributed by atoms with Crippen molar-refractivity contribution in [1.82, 2.24) is 10.6 Å². The van der Waals surface area contributed by atoms with Crippen LogP contribution in [0, 0.1) is 0 Å². The molecule has 1 amide bonds. The number of para-hydroxylation sites is 2. The lowest BCUT2D eigenvalue weighted by Crippen LogP contribution is -2.29. The number of hydrogen-bond donors (Lipinski definition) is 2. The topological polar surface area (TPSA) is 59.6 Å². The summed E-state index contributed by atoms with van der Waals surface area (Å²) < 4.78 is 11.2. The largest absolute Gasteiger partial charge is 0.490 e. The Morgan fingerprint density at radius 1 is 1.26 bits per heavy atom. The number of carbonyl (C=O) groups is 1. The van der Waals surface area contributed by atoms with Gasteiger partial charge >= 0.3 is 0 Å². The summed E-state index contributed by atoms with van der Waals surface area (Å²) in [5.74, 6) is 1.55. The van der Waals surface area contributed by atoms with E-state index < -0.39 is 0 Å². The van der Waals surface area contributed by atoms with Crippen molar-refractivity contribution in [3.8, 4) is 11.5 Å². The molecule has 126 valence electrons. The van der Waals surface area contributed by atoms with Gasteiger partial charge in [0.1, 0.15) is 0 Å². The van der Waals surface area contributed by atoms with E-state index in [0.717, 1.165) is 31.0 Å². The van der Waals surface area contributed by atoms with Gasteiger partial charge in [0.05, 0.1) is 13.2 Å². The predicted octanol–water partition coefficient (Wildman–Crippen LogP) is 2.28. The quantitative estimate of drug-likeness (QED) is 0.542. The van der Waals surface area contributed by atoms with Gasteiger partial charge in [0.2, 0.25) is 5.91 Å². The molecule has 0 saturated carbocycles. The monoisotopic (exact) mass is 318 g/mol. The van der Waals surface area contributed by atoms with Gasteiger partial charge in [0, 0.05) is 19.5 Å². The van der Waals surface area contributed by atoms with Gasteiger partial charge in [0.25, 0.3) is 0 Å². The zero-order valence-electron chi connectivity index (χ0n) is 13.8. The van der Waals surface area contributed by atoms with Crippen LogP contribution in [0.3, 0.4) is 0 Å². The van der Waals surface area contributed by atoms with Crippen molar-refractivity contribution in [2.75, 3.05) is 32.8 Å². The number of ether oxygens (including phenoxy) is 2. The second-order valence-electron chi connectivity index (χ2n) is 5.42. The molecule has 23 heavy (non-hydrogen) atoms. The molecule has 2 rings (SSSR count). The third kappa shape index (κ3) is 6.32. The molecule has 0 saturated heterocycles. The minimum absolute atomic E-state index is 0.0751. The minimum atomic E-state index is 0.0751. The number of benzene rings is 1. The van der Waals surface area contributed by atoms with E-state index >= 15 is 0 Å². The molecule has 1 aromatic carbocycles. The van der Waals surface area contributed by atoms with Crippen molar-refractivity contribution in [2.24, 2.45) is 0 Å². The van der Waals surface area contributed by atoms with E-state index in [4.69, 9.17) is 9.47 Å². The van der Waals surface area contributed by atoms with Gasteiger partial charge in [-0.25, -0.2) is 0 Å². The SMILES string of the molecule is CCOc1ccccc1OCCCC(=O)NCC1=CCNCC1. The lowest BCUT2D eigenvalue weighted by Gasteiger charge is -2.14. The summed E-state index contributed by atoms with van der Waals surface area (Å²) >= 11 is 0. The van der Waals surface area contributed by atoms with Crippen LogP contribution in [0.5, 0.6) is 11.5 Å². The normalized spacial score (nSPS) is 14.0. The lowest BCUT2D eigenvalue weighted by molar-refractivity contribution is -0.121. The molecule has 0 atom stereocenters. The van der Waals surface area contributed by atoms with Crippen molar-refractivity contribution >= 4 is 5.91 Å². The van der Waals surface area contributed by atoms with Gasteiger partial charge in [-0.15, -0.1) is 0 Å². The number of carbonyl (C=O) groups excluding carboxylic acids is 1. The third-order valence-corrected chi connectivity index (χ3v) is 3.63. The zero-order chi connectivity index (χ0) is 16.3. The highest BCUT2D eigenvalue weighted by Gasteiger charge is 2.07. The molecule has 5 heteroatoms. The summed E-state index contributed by atoms with van der Waals surface area (Å²) in [5.41, 5.74) is 1.30. The molecule has 2 N–H and O–H groups in total. The average molecular weight is 318 g/mol. The maximum atomic E-state index is 11.8.